The van der Waals surface area contributed by atoms with Crippen molar-refractivity contribution in [1.82, 2.24) is 14.9 Å². The van der Waals surface area contributed by atoms with Crippen LogP contribution < -0.4 is 5.73 Å². The highest BCUT2D eigenvalue weighted by Crippen LogP contribution is 2.36. The largest absolute Gasteiger partial charge is 0.368 e. The number of carbonyl (C=O) groups excluding carboxylic acids is 1. The molecule has 0 bridgehead atoms. The predicted molar refractivity (Wildman–Crippen MR) is 115 cm³/mol. The number of nitrogen functional groups attached to an aromatic ring is 1. The second-order valence-corrected chi connectivity index (χ2v) is 7.88. The van der Waals surface area contributed by atoms with Gasteiger partial charge >= 0.3 is 0 Å². The first-order valence-corrected chi connectivity index (χ1v) is 10.3. The SMILES string of the molecule is Nc1ncc(-c2cccc(Cl)c2)c([C@H]2CCCCN2C(=O)Cc2ccc(F)cc2)n1. The molecule has 7 heteroatoms. The van der Waals surface area contributed by atoms with Crippen LogP contribution in [0.5, 0.6) is 0 Å². The van der Waals surface area contributed by atoms with Gasteiger partial charge in [0, 0.05) is 23.3 Å². The van der Waals surface area contributed by atoms with E-state index in [0.717, 1.165) is 41.6 Å². The molecule has 1 aromatic heterocycles. The van der Waals surface area contributed by atoms with Gasteiger partial charge in [-0.1, -0.05) is 35.9 Å². The fraction of sp³-hybridized carbons (Fsp3) is 0.261. The maximum Gasteiger partial charge on any atom is 0.227 e. The number of rotatable bonds is 4. The van der Waals surface area contributed by atoms with Crippen molar-refractivity contribution in [1.29, 1.82) is 0 Å². The van der Waals surface area contributed by atoms with E-state index in [1.165, 1.54) is 12.1 Å². The standard InChI is InChI=1S/C23H22ClFN4O/c24-17-5-3-4-16(13-17)19-14-27-23(26)28-22(19)20-6-1-2-11-29(20)21(30)12-15-7-9-18(25)10-8-15/h3-5,7-10,13-14,20H,1-2,6,11-12H2,(H2,26,27,28)/t20-/m1/s1. The van der Waals surface area contributed by atoms with Crippen LogP contribution in [-0.2, 0) is 11.2 Å². The molecule has 1 fully saturated rings. The molecule has 2 heterocycles. The molecule has 1 aliphatic rings. The van der Waals surface area contributed by atoms with Crippen LogP contribution in [0.25, 0.3) is 11.1 Å². The minimum absolute atomic E-state index is 0.0134. The van der Waals surface area contributed by atoms with Crippen molar-refractivity contribution in [2.45, 2.75) is 31.7 Å². The average molecular weight is 425 g/mol. The number of anilines is 1. The molecule has 0 unspecified atom stereocenters. The first kappa shape index (κ1) is 20.3. The number of hydrogen-bond acceptors (Lipinski definition) is 4. The molecule has 4 rings (SSSR count). The van der Waals surface area contributed by atoms with Gasteiger partial charge in [0.25, 0.3) is 0 Å². The summed E-state index contributed by atoms with van der Waals surface area (Å²) in [6.45, 7) is 0.642. The maximum atomic E-state index is 13.2. The summed E-state index contributed by atoms with van der Waals surface area (Å²) >= 11 is 6.19. The zero-order valence-corrected chi connectivity index (χ0v) is 17.1. The van der Waals surface area contributed by atoms with Crippen LogP contribution in [0.1, 0.15) is 36.6 Å². The molecular formula is C23H22ClFN4O. The minimum atomic E-state index is -0.315. The van der Waals surface area contributed by atoms with E-state index in [0.29, 0.717) is 11.6 Å². The van der Waals surface area contributed by atoms with Crippen molar-refractivity contribution in [2.24, 2.45) is 0 Å². The normalized spacial score (nSPS) is 16.5. The quantitative estimate of drug-likeness (QED) is 0.652. The molecule has 1 atom stereocenters. The highest BCUT2D eigenvalue weighted by Gasteiger charge is 2.31. The summed E-state index contributed by atoms with van der Waals surface area (Å²) in [5.74, 6) is -0.155. The summed E-state index contributed by atoms with van der Waals surface area (Å²) in [5.41, 5.74) is 9.13. The van der Waals surface area contributed by atoms with Gasteiger partial charge in [0.1, 0.15) is 5.82 Å². The molecule has 0 radical (unpaired) electrons. The number of likely N-dealkylation sites (tertiary alicyclic amines) is 1. The van der Waals surface area contributed by atoms with Crippen molar-refractivity contribution >= 4 is 23.5 Å². The van der Waals surface area contributed by atoms with Gasteiger partial charge in [-0.3, -0.25) is 4.79 Å². The van der Waals surface area contributed by atoms with Crippen LogP contribution in [0.15, 0.2) is 54.7 Å². The van der Waals surface area contributed by atoms with Crippen LogP contribution >= 0.6 is 11.6 Å². The third kappa shape index (κ3) is 4.44. The summed E-state index contributed by atoms with van der Waals surface area (Å²) in [6, 6.07) is 13.3. The Kier molecular flexibility index (Phi) is 5.95. The van der Waals surface area contributed by atoms with Crippen molar-refractivity contribution in [3.05, 3.63) is 76.8 Å². The van der Waals surface area contributed by atoms with Crippen molar-refractivity contribution in [3.8, 4) is 11.1 Å². The number of benzene rings is 2. The molecule has 5 nitrogen and oxygen atoms in total. The number of carbonyl (C=O) groups is 1. The van der Waals surface area contributed by atoms with E-state index in [2.05, 4.69) is 9.97 Å². The lowest BCUT2D eigenvalue weighted by Gasteiger charge is -2.36. The summed E-state index contributed by atoms with van der Waals surface area (Å²) in [4.78, 5) is 23.7. The second kappa shape index (κ2) is 8.79. The van der Waals surface area contributed by atoms with Crippen molar-refractivity contribution in [2.75, 3.05) is 12.3 Å². The lowest BCUT2D eigenvalue weighted by atomic mass is 9.93. The van der Waals surface area contributed by atoms with E-state index < -0.39 is 0 Å². The summed E-state index contributed by atoms with van der Waals surface area (Å²) in [5, 5.41) is 0.614. The lowest BCUT2D eigenvalue weighted by Crippen LogP contribution is -2.40. The summed E-state index contributed by atoms with van der Waals surface area (Å²) < 4.78 is 13.2. The van der Waals surface area contributed by atoms with Crippen LogP contribution in [0.2, 0.25) is 5.02 Å². The Labute approximate surface area is 179 Å². The number of hydrogen-bond donors (Lipinski definition) is 1. The fourth-order valence-corrected chi connectivity index (χ4v) is 4.12. The number of piperidine rings is 1. The fourth-order valence-electron chi connectivity index (χ4n) is 3.93. The van der Waals surface area contributed by atoms with Gasteiger partial charge in [-0.2, -0.15) is 0 Å². The molecule has 2 aromatic carbocycles. The zero-order chi connectivity index (χ0) is 21.1. The van der Waals surface area contributed by atoms with Gasteiger partial charge in [-0.05, 0) is 54.7 Å². The molecule has 1 aliphatic heterocycles. The Morgan fingerprint density at radius 2 is 2.00 bits per heavy atom. The van der Waals surface area contributed by atoms with E-state index in [9.17, 15) is 9.18 Å². The van der Waals surface area contributed by atoms with Gasteiger partial charge in [0.05, 0.1) is 18.2 Å². The molecule has 0 aliphatic carbocycles. The molecule has 2 N–H and O–H groups in total. The third-order valence-electron chi connectivity index (χ3n) is 5.38. The Hall–Kier alpha value is -2.99. The van der Waals surface area contributed by atoms with Gasteiger partial charge in [-0.15, -0.1) is 0 Å². The number of aromatic nitrogens is 2. The molecule has 3 aromatic rings. The van der Waals surface area contributed by atoms with E-state index in [1.807, 2.05) is 29.2 Å². The van der Waals surface area contributed by atoms with E-state index in [-0.39, 0.29) is 30.1 Å². The van der Waals surface area contributed by atoms with E-state index in [4.69, 9.17) is 17.3 Å². The summed E-state index contributed by atoms with van der Waals surface area (Å²) in [7, 11) is 0. The Balaban J connectivity index is 1.68. The third-order valence-corrected chi connectivity index (χ3v) is 5.61. The predicted octanol–water partition coefficient (Wildman–Crippen LogP) is 4.81. The number of nitrogens with two attached hydrogens (primary N) is 1. The van der Waals surface area contributed by atoms with E-state index >= 15 is 0 Å². The summed E-state index contributed by atoms with van der Waals surface area (Å²) in [6.07, 6.45) is 4.62. The number of halogens is 2. The minimum Gasteiger partial charge on any atom is -0.368 e. The van der Waals surface area contributed by atoms with Crippen LogP contribution in [0.3, 0.4) is 0 Å². The van der Waals surface area contributed by atoms with Gasteiger partial charge in [0.2, 0.25) is 11.9 Å². The Morgan fingerprint density at radius 3 is 2.77 bits per heavy atom. The monoisotopic (exact) mass is 424 g/mol. The van der Waals surface area contributed by atoms with Gasteiger partial charge in [-0.25, -0.2) is 14.4 Å². The highest BCUT2D eigenvalue weighted by atomic mass is 35.5. The Morgan fingerprint density at radius 1 is 1.20 bits per heavy atom. The second-order valence-electron chi connectivity index (χ2n) is 7.44. The van der Waals surface area contributed by atoms with E-state index in [1.54, 1.807) is 18.3 Å². The number of amides is 1. The molecule has 1 saturated heterocycles. The van der Waals surface area contributed by atoms with Crippen LogP contribution in [0, 0.1) is 5.82 Å². The maximum absolute atomic E-state index is 13.2. The lowest BCUT2D eigenvalue weighted by molar-refractivity contribution is -0.134. The molecule has 30 heavy (non-hydrogen) atoms. The van der Waals surface area contributed by atoms with Gasteiger partial charge in [0.15, 0.2) is 0 Å². The Bertz CT molecular complexity index is 1060. The van der Waals surface area contributed by atoms with Crippen LogP contribution in [0.4, 0.5) is 10.3 Å². The first-order valence-electron chi connectivity index (χ1n) is 9.93. The van der Waals surface area contributed by atoms with Gasteiger partial charge < -0.3 is 10.6 Å². The average Bonchev–Trinajstić information content (AvgIpc) is 2.75. The number of nitrogens with zero attached hydrogens (tertiary/aromatic N) is 3. The molecule has 1 amide bonds. The molecule has 0 saturated carbocycles. The molecular weight excluding hydrogens is 403 g/mol. The highest BCUT2D eigenvalue weighted by molar-refractivity contribution is 6.30. The zero-order valence-electron chi connectivity index (χ0n) is 16.4. The molecule has 154 valence electrons. The van der Waals surface area contributed by atoms with Crippen molar-refractivity contribution in [3.63, 3.8) is 0 Å². The van der Waals surface area contributed by atoms with Crippen LogP contribution in [-0.4, -0.2) is 27.3 Å². The smallest absolute Gasteiger partial charge is 0.227 e. The van der Waals surface area contributed by atoms with Crippen molar-refractivity contribution < 1.29 is 9.18 Å². The molecule has 0 spiro atoms. The first-order chi connectivity index (χ1) is 14.5. The topological polar surface area (TPSA) is 72.1 Å².